The molecule has 0 bridgehead atoms. The van der Waals surface area contributed by atoms with Crippen LogP contribution < -0.4 is 22.9 Å². The van der Waals surface area contributed by atoms with Crippen LogP contribution in [0.3, 0.4) is 0 Å². The summed E-state index contributed by atoms with van der Waals surface area (Å²) in [6.45, 7) is 0. The maximum absolute atomic E-state index is 6.52. The van der Waals surface area contributed by atoms with E-state index in [1.165, 1.54) is 0 Å². The van der Waals surface area contributed by atoms with Crippen molar-refractivity contribution >= 4 is 17.5 Å². The molecule has 2 atom stereocenters. The van der Waals surface area contributed by atoms with E-state index in [2.05, 4.69) is 15.0 Å². The highest BCUT2D eigenvalue weighted by Crippen LogP contribution is 2.31. The van der Waals surface area contributed by atoms with Crippen LogP contribution in [0.4, 0.5) is 17.5 Å². The predicted molar refractivity (Wildman–Crippen MR) is 99.3 cm³/mol. The van der Waals surface area contributed by atoms with Gasteiger partial charge in [0.25, 0.3) is 0 Å². The normalized spacial score (nSPS) is 13.3. The quantitative estimate of drug-likeness (QED) is 0.555. The van der Waals surface area contributed by atoms with Gasteiger partial charge in [-0.1, -0.05) is 18.2 Å². The summed E-state index contributed by atoms with van der Waals surface area (Å²) in [5.74, 6) is 1.16. The molecule has 7 heteroatoms. The van der Waals surface area contributed by atoms with Gasteiger partial charge < -0.3 is 22.9 Å². The van der Waals surface area contributed by atoms with E-state index < -0.39 is 6.04 Å². The van der Waals surface area contributed by atoms with Crippen molar-refractivity contribution in [2.75, 3.05) is 17.2 Å². The highest BCUT2D eigenvalue weighted by molar-refractivity contribution is 5.35. The zero-order chi connectivity index (χ0) is 17.8. The average molecular weight is 335 g/mol. The lowest BCUT2D eigenvalue weighted by molar-refractivity contribution is 0.524. The number of hydrogen-bond donors (Lipinski definition) is 4. The van der Waals surface area contributed by atoms with E-state index in [0.29, 0.717) is 29.6 Å². The van der Waals surface area contributed by atoms with Gasteiger partial charge in [0.15, 0.2) is 0 Å². The number of nitrogens with two attached hydrogens (primary N) is 4. The summed E-state index contributed by atoms with van der Waals surface area (Å²) in [5, 5.41) is 0. The van der Waals surface area contributed by atoms with Crippen molar-refractivity contribution in [1.29, 1.82) is 0 Å². The zero-order valence-electron chi connectivity index (χ0n) is 13.7. The molecule has 3 aromatic heterocycles. The van der Waals surface area contributed by atoms with Gasteiger partial charge in [0, 0.05) is 17.3 Å². The second-order valence-electron chi connectivity index (χ2n) is 5.86. The van der Waals surface area contributed by atoms with Crippen LogP contribution in [0.5, 0.6) is 0 Å². The highest BCUT2D eigenvalue weighted by Gasteiger charge is 2.25. The second-order valence-corrected chi connectivity index (χ2v) is 5.86. The van der Waals surface area contributed by atoms with E-state index in [1.54, 1.807) is 18.2 Å². The molecular formula is C18H21N7. The third-order valence-corrected chi connectivity index (χ3v) is 4.00. The lowest BCUT2D eigenvalue weighted by Gasteiger charge is -2.23. The van der Waals surface area contributed by atoms with Gasteiger partial charge in [0.1, 0.15) is 17.5 Å². The van der Waals surface area contributed by atoms with Crippen molar-refractivity contribution in [1.82, 2.24) is 15.0 Å². The van der Waals surface area contributed by atoms with Crippen LogP contribution in [-0.2, 0) is 6.42 Å². The topological polar surface area (TPSA) is 143 Å². The molecule has 128 valence electrons. The number of pyridine rings is 3. The lowest BCUT2D eigenvalue weighted by Crippen LogP contribution is -2.24. The third kappa shape index (κ3) is 4.02. The van der Waals surface area contributed by atoms with Crippen molar-refractivity contribution in [3.05, 3.63) is 71.7 Å². The number of aromatic nitrogens is 3. The first kappa shape index (κ1) is 16.7. The first-order valence-corrected chi connectivity index (χ1v) is 7.95. The Hall–Kier alpha value is -3.19. The van der Waals surface area contributed by atoms with Crippen LogP contribution >= 0.6 is 0 Å². The molecule has 0 aliphatic carbocycles. The molecule has 0 aliphatic rings. The summed E-state index contributed by atoms with van der Waals surface area (Å²) in [7, 11) is 0. The van der Waals surface area contributed by atoms with Gasteiger partial charge in [-0.05, 0) is 42.8 Å². The molecule has 0 saturated carbocycles. The summed E-state index contributed by atoms with van der Waals surface area (Å²) in [6.07, 6.45) is 0.555. The Morgan fingerprint density at radius 2 is 1.20 bits per heavy atom. The van der Waals surface area contributed by atoms with Crippen LogP contribution in [0.2, 0.25) is 0 Å². The van der Waals surface area contributed by atoms with Gasteiger partial charge in [-0.25, -0.2) is 15.0 Å². The predicted octanol–water partition coefficient (Wildman–Crippen LogP) is 1.64. The fourth-order valence-corrected chi connectivity index (χ4v) is 2.79. The second kappa shape index (κ2) is 7.14. The standard InChI is InChI=1S/C18H21N7/c19-15-7-1-4-11(23-15)10-12(13-5-2-8-16(20)24-13)18(22)14-6-3-9-17(21)25-14/h1-9,12,18H,10,22H2,(H2,19,23)(H2,20,24)(H2,21,25). The van der Waals surface area contributed by atoms with Gasteiger partial charge >= 0.3 is 0 Å². The zero-order valence-corrected chi connectivity index (χ0v) is 13.7. The monoisotopic (exact) mass is 335 g/mol. The summed E-state index contributed by atoms with van der Waals surface area (Å²) >= 11 is 0. The number of nitrogen functional groups attached to an aromatic ring is 3. The van der Waals surface area contributed by atoms with Crippen LogP contribution in [0, 0.1) is 0 Å². The molecule has 0 fully saturated rings. The molecular weight excluding hydrogens is 314 g/mol. The smallest absolute Gasteiger partial charge is 0.123 e. The van der Waals surface area contributed by atoms with Crippen molar-refractivity contribution in [3.63, 3.8) is 0 Å². The molecule has 2 unspecified atom stereocenters. The minimum atomic E-state index is -0.416. The maximum Gasteiger partial charge on any atom is 0.123 e. The number of rotatable bonds is 5. The van der Waals surface area contributed by atoms with E-state index in [0.717, 1.165) is 11.4 Å². The van der Waals surface area contributed by atoms with Crippen molar-refractivity contribution < 1.29 is 0 Å². The summed E-state index contributed by atoms with van der Waals surface area (Å²) in [5.41, 5.74) is 26.3. The number of nitrogens with zero attached hydrogens (tertiary/aromatic N) is 3. The van der Waals surface area contributed by atoms with E-state index in [1.807, 2.05) is 36.4 Å². The van der Waals surface area contributed by atoms with Gasteiger partial charge in [0.05, 0.1) is 11.7 Å². The Labute approximate surface area is 146 Å². The minimum Gasteiger partial charge on any atom is -0.384 e. The molecule has 0 saturated heterocycles. The van der Waals surface area contributed by atoms with Crippen LogP contribution in [0.15, 0.2) is 54.6 Å². The minimum absolute atomic E-state index is 0.174. The summed E-state index contributed by atoms with van der Waals surface area (Å²) in [4.78, 5) is 13.2. The fraction of sp³-hybridized carbons (Fsp3) is 0.167. The number of anilines is 3. The van der Waals surface area contributed by atoms with Crippen LogP contribution in [0.1, 0.15) is 29.0 Å². The molecule has 3 heterocycles. The Bertz CT molecular complexity index is 865. The van der Waals surface area contributed by atoms with E-state index in [-0.39, 0.29) is 5.92 Å². The van der Waals surface area contributed by atoms with Gasteiger partial charge in [-0.15, -0.1) is 0 Å². The van der Waals surface area contributed by atoms with Gasteiger partial charge in [-0.2, -0.15) is 0 Å². The summed E-state index contributed by atoms with van der Waals surface area (Å²) in [6, 6.07) is 16.0. The largest absolute Gasteiger partial charge is 0.384 e. The van der Waals surface area contributed by atoms with Crippen molar-refractivity contribution in [2.24, 2.45) is 5.73 Å². The molecule has 25 heavy (non-hydrogen) atoms. The molecule has 0 radical (unpaired) electrons. The molecule has 8 N–H and O–H groups in total. The van der Waals surface area contributed by atoms with Crippen molar-refractivity contribution in [3.8, 4) is 0 Å². The first-order valence-electron chi connectivity index (χ1n) is 7.95. The van der Waals surface area contributed by atoms with Crippen molar-refractivity contribution in [2.45, 2.75) is 18.4 Å². The highest BCUT2D eigenvalue weighted by atomic mass is 14.9. The Balaban J connectivity index is 1.99. The maximum atomic E-state index is 6.52. The van der Waals surface area contributed by atoms with Gasteiger partial charge in [0.2, 0.25) is 0 Å². The lowest BCUT2D eigenvalue weighted by atomic mass is 9.88. The first-order chi connectivity index (χ1) is 12.0. The van der Waals surface area contributed by atoms with Crippen LogP contribution in [-0.4, -0.2) is 15.0 Å². The summed E-state index contributed by atoms with van der Waals surface area (Å²) < 4.78 is 0. The number of hydrogen-bond acceptors (Lipinski definition) is 7. The van der Waals surface area contributed by atoms with Gasteiger partial charge in [-0.3, -0.25) is 0 Å². The molecule has 0 aromatic carbocycles. The van der Waals surface area contributed by atoms with E-state index in [9.17, 15) is 0 Å². The molecule has 0 amide bonds. The van der Waals surface area contributed by atoms with E-state index in [4.69, 9.17) is 22.9 Å². The molecule has 0 spiro atoms. The third-order valence-electron chi connectivity index (χ3n) is 4.00. The average Bonchev–Trinajstić information content (AvgIpc) is 2.59. The SMILES string of the molecule is Nc1cccc(CC(c2cccc(N)n2)C(N)c2cccc(N)n2)n1. The van der Waals surface area contributed by atoms with E-state index >= 15 is 0 Å². The Kier molecular flexibility index (Phi) is 4.76. The Morgan fingerprint density at radius 3 is 1.80 bits per heavy atom. The van der Waals surface area contributed by atoms with Crippen LogP contribution in [0.25, 0.3) is 0 Å². The molecule has 3 rings (SSSR count). The molecule has 0 aliphatic heterocycles. The Morgan fingerprint density at radius 1 is 0.680 bits per heavy atom. The molecule has 7 nitrogen and oxygen atoms in total. The molecule has 3 aromatic rings. The fourth-order valence-electron chi connectivity index (χ4n) is 2.79.